The Morgan fingerprint density at radius 3 is 1.77 bits per heavy atom. The van der Waals surface area contributed by atoms with Crippen molar-refractivity contribution in [2.75, 3.05) is 19.6 Å². The van der Waals surface area contributed by atoms with E-state index < -0.39 is 5.97 Å². The Hall–Kier alpha value is -0.570. The first-order valence-corrected chi connectivity index (χ1v) is 5.14. The maximum atomic E-state index is 10.3. The van der Waals surface area contributed by atoms with Crippen molar-refractivity contribution in [2.45, 2.75) is 40.5 Å². The third kappa shape index (κ3) is 11.4. The van der Waals surface area contributed by atoms with Crippen LogP contribution in [0.15, 0.2) is 0 Å². The van der Waals surface area contributed by atoms with E-state index in [1.165, 1.54) is 0 Å². The second kappa shape index (κ2) is 11.4. The molecule has 0 aliphatic carbocycles. The highest BCUT2D eigenvalue weighted by atomic mass is 16.4. The zero-order chi connectivity index (χ0) is 10.7. The van der Waals surface area contributed by atoms with E-state index in [1.54, 1.807) is 0 Å². The fourth-order valence-electron chi connectivity index (χ4n) is 1.09. The van der Waals surface area contributed by atoms with Crippen molar-refractivity contribution in [3.05, 3.63) is 0 Å². The van der Waals surface area contributed by atoms with Crippen LogP contribution in [0.2, 0.25) is 0 Å². The van der Waals surface area contributed by atoms with Crippen molar-refractivity contribution in [3.8, 4) is 0 Å². The molecule has 0 spiro atoms. The quantitative estimate of drug-likeness (QED) is 0.696. The lowest BCUT2D eigenvalue weighted by Crippen LogP contribution is -2.31. The smallest absolute Gasteiger partial charge is 0.317 e. The molecule has 0 amide bonds. The van der Waals surface area contributed by atoms with Crippen LogP contribution in [0.4, 0.5) is 0 Å². The standard InChI is InChI=1S/C8H17NO2.C2H6/c1-3-5-9(6-4-2)7-8(10)11;1-2/h3-7H2,1-2H3,(H,10,11);1-2H3. The molecule has 13 heavy (non-hydrogen) atoms. The fraction of sp³-hybridized carbons (Fsp3) is 0.900. The summed E-state index contributed by atoms with van der Waals surface area (Å²) in [6.45, 7) is 10.1. The van der Waals surface area contributed by atoms with Gasteiger partial charge in [0, 0.05) is 0 Å². The molecule has 0 radical (unpaired) electrons. The minimum absolute atomic E-state index is 0.182. The molecular weight excluding hydrogens is 166 g/mol. The van der Waals surface area contributed by atoms with Crippen LogP contribution >= 0.6 is 0 Å². The molecule has 3 nitrogen and oxygen atoms in total. The first-order valence-electron chi connectivity index (χ1n) is 5.14. The summed E-state index contributed by atoms with van der Waals surface area (Å²) in [6.07, 6.45) is 2.04. The topological polar surface area (TPSA) is 40.5 Å². The van der Waals surface area contributed by atoms with Gasteiger partial charge >= 0.3 is 5.97 Å². The maximum Gasteiger partial charge on any atom is 0.317 e. The van der Waals surface area contributed by atoms with Gasteiger partial charge in [-0.15, -0.1) is 0 Å². The molecule has 0 heterocycles. The summed E-state index contributed by atoms with van der Waals surface area (Å²) >= 11 is 0. The zero-order valence-electron chi connectivity index (χ0n) is 9.34. The molecule has 0 fully saturated rings. The Morgan fingerprint density at radius 2 is 1.54 bits per heavy atom. The van der Waals surface area contributed by atoms with Gasteiger partial charge in [-0.05, 0) is 25.9 Å². The molecule has 0 aliphatic heterocycles. The summed E-state index contributed by atoms with van der Waals surface area (Å²) in [5, 5.41) is 8.50. The zero-order valence-corrected chi connectivity index (χ0v) is 9.34. The van der Waals surface area contributed by atoms with E-state index in [1.807, 2.05) is 18.7 Å². The number of rotatable bonds is 6. The summed E-state index contributed by atoms with van der Waals surface area (Å²) in [6, 6.07) is 0. The third-order valence-corrected chi connectivity index (χ3v) is 1.44. The van der Waals surface area contributed by atoms with Crippen molar-refractivity contribution in [3.63, 3.8) is 0 Å². The highest BCUT2D eigenvalue weighted by molar-refractivity contribution is 5.69. The van der Waals surface area contributed by atoms with Gasteiger partial charge in [0.2, 0.25) is 0 Å². The lowest BCUT2D eigenvalue weighted by molar-refractivity contribution is -0.138. The lowest BCUT2D eigenvalue weighted by atomic mass is 10.3. The average Bonchev–Trinajstić information content (AvgIpc) is 2.08. The van der Waals surface area contributed by atoms with Gasteiger partial charge in [0.05, 0.1) is 6.54 Å². The van der Waals surface area contributed by atoms with E-state index >= 15 is 0 Å². The number of carboxylic acid groups (broad SMARTS) is 1. The van der Waals surface area contributed by atoms with Crippen LogP contribution < -0.4 is 0 Å². The van der Waals surface area contributed by atoms with Gasteiger partial charge in [-0.3, -0.25) is 9.69 Å². The number of carboxylic acids is 1. The highest BCUT2D eigenvalue weighted by Crippen LogP contribution is 1.92. The van der Waals surface area contributed by atoms with E-state index in [9.17, 15) is 4.79 Å². The van der Waals surface area contributed by atoms with Crippen LogP contribution in [0.25, 0.3) is 0 Å². The fourth-order valence-corrected chi connectivity index (χ4v) is 1.09. The lowest BCUT2D eigenvalue weighted by Gasteiger charge is -2.17. The molecule has 0 aromatic carbocycles. The van der Waals surface area contributed by atoms with Gasteiger partial charge in [-0.1, -0.05) is 27.7 Å². The molecule has 0 atom stereocenters. The Kier molecular flexibility index (Phi) is 13.1. The molecule has 1 N–H and O–H groups in total. The van der Waals surface area contributed by atoms with Gasteiger partial charge in [0.25, 0.3) is 0 Å². The van der Waals surface area contributed by atoms with Crippen LogP contribution in [0.1, 0.15) is 40.5 Å². The first-order chi connectivity index (χ1) is 6.20. The number of hydrogen-bond donors (Lipinski definition) is 1. The predicted molar refractivity (Wildman–Crippen MR) is 56.0 cm³/mol. The minimum Gasteiger partial charge on any atom is -0.480 e. The number of hydrogen-bond acceptors (Lipinski definition) is 2. The number of carbonyl (C=O) groups is 1. The molecule has 0 aliphatic rings. The Balaban J connectivity index is 0. The Labute approximate surface area is 81.7 Å². The van der Waals surface area contributed by atoms with Gasteiger partial charge in [-0.25, -0.2) is 0 Å². The molecule has 0 saturated carbocycles. The maximum absolute atomic E-state index is 10.3. The van der Waals surface area contributed by atoms with Crippen LogP contribution in [0.3, 0.4) is 0 Å². The largest absolute Gasteiger partial charge is 0.480 e. The van der Waals surface area contributed by atoms with Crippen molar-refractivity contribution >= 4 is 5.97 Å². The third-order valence-electron chi connectivity index (χ3n) is 1.44. The molecule has 0 saturated heterocycles. The second-order valence-corrected chi connectivity index (χ2v) is 2.67. The summed E-state index contributed by atoms with van der Waals surface area (Å²) in [4.78, 5) is 12.3. The van der Waals surface area contributed by atoms with E-state index in [4.69, 9.17) is 5.11 Å². The summed E-state index contributed by atoms with van der Waals surface area (Å²) in [5.41, 5.74) is 0. The van der Waals surface area contributed by atoms with E-state index in [2.05, 4.69) is 13.8 Å². The molecule has 0 aromatic heterocycles. The summed E-state index contributed by atoms with van der Waals surface area (Å²) in [5.74, 6) is -0.730. The second-order valence-electron chi connectivity index (χ2n) is 2.67. The Bertz CT molecular complexity index is 109. The Morgan fingerprint density at radius 1 is 1.15 bits per heavy atom. The van der Waals surface area contributed by atoms with Crippen molar-refractivity contribution < 1.29 is 9.90 Å². The predicted octanol–water partition coefficient (Wildman–Crippen LogP) is 2.22. The molecule has 0 rings (SSSR count). The van der Waals surface area contributed by atoms with E-state index in [0.717, 1.165) is 25.9 Å². The molecule has 80 valence electrons. The van der Waals surface area contributed by atoms with Crippen LogP contribution in [-0.2, 0) is 4.79 Å². The van der Waals surface area contributed by atoms with Crippen molar-refractivity contribution in [1.82, 2.24) is 4.90 Å². The average molecular weight is 189 g/mol. The minimum atomic E-state index is -0.730. The molecule has 0 unspecified atom stereocenters. The van der Waals surface area contributed by atoms with Crippen LogP contribution in [0.5, 0.6) is 0 Å². The van der Waals surface area contributed by atoms with Gasteiger partial charge < -0.3 is 5.11 Å². The first kappa shape index (κ1) is 14.9. The molecule has 0 aromatic rings. The molecule has 0 bridgehead atoms. The van der Waals surface area contributed by atoms with Gasteiger partial charge in [0.15, 0.2) is 0 Å². The normalized spacial score (nSPS) is 9.31. The molecule has 3 heteroatoms. The van der Waals surface area contributed by atoms with E-state index in [-0.39, 0.29) is 6.54 Å². The highest BCUT2D eigenvalue weighted by Gasteiger charge is 2.05. The van der Waals surface area contributed by atoms with Crippen molar-refractivity contribution in [2.24, 2.45) is 0 Å². The summed E-state index contributed by atoms with van der Waals surface area (Å²) in [7, 11) is 0. The SMILES string of the molecule is CC.CCCN(CCC)CC(=O)O. The molecular formula is C10H23NO2. The van der Waals surface area contributed by atoms with Gasteiger partial charge in [-0.2, -0.15) is 0 Å². The monoisotopic (exact) mass is 189 g/mol. The number of nitrogens with zero attached hydrogens (tertiary/aromatic N) is 1. The van der Waals surface area contributed by atoms with Gasteiger partial charge in [0.1, 0.15) is 0 Å². The summed E-state index contributed by atoms with van der Waals surface area (Å²) < 4.78 is 0. The van der Waals surface area contributed by atoms with E-state index in [0.29, 0.717) is 0 Å². The number of aliphatic carboxylic acids is 1. The van der Waals surface area contributed by atoms with Crippen LogP contribution in [-0.4, -0.2) is 35.6 Å². The van der Waals surface area contributed by atoms with Crippen LogP contribution in [0, 0.1) is 0 Å². The van der Waals surface area contributed by atoms with Crippen molar-refractivity contribution in [1.29, 1.82) is 0 Å².